The van der Waals surface area contributed by atoms with E-state index in [2.05, 4.69) is 19.6 Å². The Morgan fingerprint density at radius 2 is 1.14 bits per heavy atom. The molecule has 0 bridgehead atoms. The molecule has 0 aliphatic rings. The standard InChI is InChI=1S/C3H9ClSi.BrH.Na/c1-5(2,3)4;;/h1-3H3;1H;/q;;+1/p-1. The molecular weight excluding hydrogens is 202 g/mol. The molecule has 4 heteroatoms. The van der Waals surface area contributed by atoms with Crippen LogP contribution >= 0.6 is 11.1 Å². The second-order valence-corrected chi connectivity index (χ2v) is 9.60. The van der Waals surface area contributed by atoms with Crippen LogP contribution in [0.25, 0.3) is 0 Å². The van der Waals surface area contributed by atoms with Crippen LogP contribution < -0.4 is 46.5 Å². The first kappa shape index (κ1) is 16.0. The summed E-state index contributed by atoms with van der Waals surface area (Å²) in [7, 11) is -1.14. The molecule has 0 saturated heterocycles. The van der Waals surface area contributed by atoms with Gasteiger partial charge in [-0.15, -0.1) is 0 Å². The van der Waals surface area contributed by atoms with Gasteiger partial charge in [0.15, 0.2) is 0 Å². The van der Waals surface area contributed by atoms with Crippen molar-refractivity contribution in [3.8, 4) is 0 Å². The van der Waals surface area contributed by atoms with Crippen LogP contribution in [-0.4, -0.2) is 7.38 Å². The first-order valence-electron chi connectivity index (χ1n) is 1.69. The summed E-state index contributed by atoms with van der Waals surface area (Å²) in [6.45, 7) is 6.28. The smallest absolute Gasteiger partial charge is 1.00 e. The van der Waals surface area contributed by atoms with Gasteiger partial charge < -0.3 is 17.0 Å². The normalized spacial score (nSPS) is 8.57. The monoisotopic (exact) mass is 210 g/mol. The number of hydrogen-bond donors (Lipinski definition) is 0. The second-order valence-electron chi connectivity index (χ2n) is 2.07. The molecule has 0 aromatic carbocycles. The van der Waals surface area contributed by atoms with Gasteiger partial charge in [-0.3, -0.25) is 0 Å². The van der Waals surface area contributed by atoms with E-state index in [1.54, 1.807) is 0 Å². The van der Waals surface area contributed by atoms with Crippen LogP contribution in [-0.2, 0) is 0 Å². The molecule has 0 spiro atoms. The Morgan fingerprint density at radius 3 is 1.14 bits per heavy atom. The Kier molecular flexibility index (Phi) is 14.0. The van der Waals surface area contributed by atoms with Crippen molar-refractivity contribution in [1.82, 2.24) is 0 Å². The van der Waals surface area contributed by atoms with Crippen molar-refractivity contribution in [2.75, 3.05) is 0 Å². The van der Waals surface area contributed by atoms with Crippen LogP contribution in [0.4, 0.5) is 0 Å². The van der Waals surface area contributed by atoms with Crippen molar-refractivity contribution in [2.45, 2.75) is 19.6 Å². The van der Waals surface area contributed by atoms with Gasteiger partial charge in [-0.2, -0.15) is 11.1 Å². The average Bonchev–Trinajstić information content (AvgIpc) is 0.722. The summed E-state index contributed by atoms with van der Waals surface area (Å²) < 4.78 is 0. The first-order chi connectivity index (χ1) is 2.00. The first-order valence-corrected chi connectivity index (χ1v) is 6.20. The predicted molar refractivity (Wildman–Crippen MR) is 29.2 cm³/mol. The van der Waals surface area contributed by atoms with Crippen LogP contribution in [0.15, 0.2) is 0 Å². The van der Waals surface area contributed by atoms with E-state index in [-0.39, 0.29) is 46.5 Å². The van der Waals surface area contributed by atoms with E-state index in [4.69, 9.17) is 11.1 Å². The Bertz CT molecular complexity index is 30.4. The molecule has 0 amide bonds. The summed E-state index contributed by atoms with van der Waals surface area (Å²) >= 11 is 5.67. The summed E-state index contributed by atoms with van der Waals surface area (Å²) in [4.78, 5) is 0. The van der Waals surface area contributed by atoms with E-state index >= 15 is 0 Å². The summed E-state index contributed by atoms with van der Waals surface area (Å²) in [5.41, 5.74) is 0. The third kappa shape index (κ3) is 72.5. The van der Waals surface area contributed by atoms with Crippen LogP contribution in [0.3, 0.4) is 0 Å². The van der Waals surface area contributed by atoms with E-state index in [1.807, 2.05) is 0 Å². The maximum Gasteiger partial charge on any atom is 1.00 e. The third-order valence-electron chi connectivity index (χ3n) is 0. The van der Waals surface area contributed by atoms with Gasteiger partial charge in [0.05, 0.1) is 0 Å². The largest absolute Gasteiger partial charge is 1.00 e. The van der Waals surface area contributed by atoms with Gasteiger partial charge in [-0.1, -0.05) is 19.6 Å². The molecule has 0 N–H and O–H groups in total. The minimum absolute atomic E-state index is 0. The van der Waals surface area contributed by atoms with Crippen molar-refractivity contribution >= 4 is 18.5 Å². The fourth-order valence-corrected chi connectivity index (χ4v) is 0. The Morgan fingerprint density at radius 1 is 1.14 bits per heavy atom. The topological polar surface area (TPSA) is 0 Å². The fourth-order valence-electron chi connectivity index (χ4n) is 0. The SMILES string of the molecule is C[Si](C)(C)Cl.[Br-].[Na+]. The zero-order valence-electron chi connectivity index (χ0n) is 5.26. The fraction of sp³-hybridized carbons (Fsp3) is 1.00. The summed E-state index contributed by atoms with van der Waals surface area (Å²) in [5.74, 6) is 0. The van der Waals surface area contributed by atoms with Crippen LogP contribution in [0.5, 0.6) is 0 Å². The van der Waals surface area contributed by atoms with Gasteiger partial charge in [0.25, 0.3) is 0 Å². The Labute approximate surface area is 83.8 Å². The zero-order valence-corrected chi connectivity index (χ0v) is 10.6. The third-order valence-corrected chi connectivity index (χ3v) is 0. The van der Waals surface area contributed by atoms with Gasteiger partial charge >= 0.3 is 29.6 Å². The molecule has 0 atom stereocenters. The molecular formula is C3H9BrClNaSi. The molecule has 0 saturated carbocycles. The van der Waals surface area contributed by atoms with Crippen molar-refractivity contribution in [2.24, 2.45) is 0 Å². The maximum atomic E-state index is 5.67. The molecule has 0 aliphatic carbocycles. The molecule has 0 nitrogen and oxygen atoms in total. The maximum absolute atomic E-state index is 5.67. The van der Waals surface area contributed by atoms with E-state index in [0.717, 1.165) is 0 Å². The number of rotatable bonds is 0. The quantitative estimate of drug-likeness (QED) is 0.284. The molecule has 0 aromatic heterocycles. The van der Waals surface area contributed by atoms with Crippen molar-refractivity contribution in [3.05, 3.63) is 0 Å². The molecule has 0 aliphatic heterocycles. The molecule has 0 aromatic rings. The molecule has 7 heavy (non-hydrogen) atoms. The summed E-state index contributed by atoms with van der Waals surface area (Å²) in [5, 5.41) is 0. The van der Waals surface area contributed by atoms with Crippen LogP contribution in [0.2, 0.25) is 19.6 Å². The molecule has 40 valence electrons. The Balaban J connectivity index is -0.0000000800. The van der Waals surface area contributed by atoms with Crippen LogP contribution in [0, 0.1) is 0 Å². The molecule has 0 unspecified atom stereocenters. The molecule has 0 radical (unpaired) electrons. The predicted octanol–water partition coefficient (Wildman–Crippen LogP) is -3.93. The minimum Gasteiger partial charge on any atom is -1.00 e. The van der Waals surface area contributed by atoms with E-state index in [1.165, 1.54) is 0 Å². The summed E-state index contributed by atoms with van der Waals surface area (Å²) in [6.07, 6.45) is 0. The Hall–Kier alpha value is 1.99. The van der Waals surface area contributed by atoms with Gasteiger partial charge in [0.2, 0.25) is 0 Å². The van der Waals surface area contributed by atoms with Gasteiger partial charge in [-0.25, -0.2) is 0 Å². The van der Waals surface area contributed by atoms with E-state index < -0.39 is 7.38 Å². The number of halogens is 2. The van der Waals surface area contributed by atoms with Gasteiger partial charge in [-0.05, 0) is 0 Å². The minimum atomic E-state index is -1.14. The number of hydrogen-bond acceptors (Lipinski definition) is 0. The molecule has 0 heterocycles. The van der Waals surface area contributed by atoms with Crippen LogP contribution in [0.1, 0.15) is 0 Å². The summed E-state index contributed by atoms with van der Waals surface area (Å²) in [6, 6.07) is 0. The van der Waals surface area contributed by atoms with E-state index in [0.29, 0.717) is 0 Å². The zero-order chi connectivity index (χ0) is 4.50. The molecule has 0 rings (SSSR count). The van der Waals surface area contributed by atoms with Gasteiger partial charge in [0, 0.05) is 0 Å². The van der Waals surface area contributed by atoms with Crippen molar-refractivity contribution < 1.29 is 46.5 Å². The van der Waals surface area contributed by atoms with Crippen molar-refractivity contribution in [3.63, 3.8) is 0 Å². The second kappa shape index (κ2) is 6.11. The van der Waals surface area contributed by atoms with Gasteiger partial charge in [0.1, 0.15) is 7.38 Å². The molecule has 0 fully saturated rings. The average molecular weight is 212 g/mol. The van der Waals surface area contributed by atoms with E-state index in [9.17, 15) is 0 Å². The van der Waals surface area contributed by atoms with Crippen molar-refractivity contribution in [1.29, 1.82) is 0 Å².